The van der Waals surface area contributed by atoms with Crippen LogP contribution < -0.4 is 5.32 Å². The Bertz CT molecular complexity index is 447. The normalized spacial score (nSPS) is 23.4. The first kappa shape index (κ1) is 14.0. The molecule has 0 radical (unpaired) electrons. The number of rotatable bonds is 3. The SMILES string of the molecule is CCC1CN(C(=O)c2cccc(C)n2)C(CC)CN1. The molecule has 0 saturated carbocycles. The first-order valence-corrected chi connectivity index (χ1v) is 7.13. The molecule has 0 spiro atoms. The minimum Gasteiger partial charge on any atom is -0.332 e. The van der Waals surface area contributed by atoms with Crippen molar-refractivity contribution < 1.29 is 4.79 Å². The number of carbonyl (C=O) groups excluding carboxylic acids is 1. The molecule has 104 valence electrons. The van der Waals surface area contributed by atoms with Crippen molar-refractivity contribution in [1.29, 1.82) is 0 Å². The van der Waals surface area contributed by atoms with Crippen LogP contribution in [0.1, 0.15) is 42.9 Å². The molecule has 1 fully saturated rings. The summed E-state index contributed by atoms with van der Waals surface area (Å²) in [7, 11) is 0. The molecule has 0 bridgehead atoms. The van der Waals surface area contributed by atoms with Gasteiger partial charge in [0.25, 0.3) is 5.91 Å². The molecule has 1 aliphatic heterocycles. The van der Waals surface area contributed by atoms with E-state index >= 15 is 0 Å². The van der Waals surface area contributed by atoms with E-state index in [2.05, 4.69) is 24.1 Å². The fourth-order valence-electron chi connectivity index (χ4n) is 2.56. The van der Waals surface area contributed by atoms with Gasteiger partial charge >= 0.3 is 0 Å². The van der Waals surface area contributed by atoms with E-state index in [9.17, 15) is 4.79 Å². The van der Waals surface area contributed by atoms with Crippen molar-refractivity contribution in [2.45, 2.75) is 45.7 Å². The number of aromatic nitrogens is 1. The Balaban J connectivity index is 2.19. The van der Waals surface area contributed by atoms with E-state index in [1.807, 2.05) is 30.0 Å². The van der Waals surface area contributed by atoms with Crippen LogP contribution >= 0.6 is 0 Å². The molecule has 1 N–H and O–H groups in total. The Morgan fingerprint density at radius 1 is 1.42 bits per heavy atom. The maximum absolute atomic E-state index is 12.6. The van der Waals surface area contributed by atoms with Crippen molar-refractivity contribution in [3.8, 4) is 0 Å². The van der Waals surface area contributed by atoms with Crippen LogP contribution in [0.25, 0.3) is 0 Å². The van der Waals surface area contributed by atoms with Crippen molar-refractivity contribution in [2.24, 2.45) is 0 Å². The van der Waals surface area contributed by atoms with Gasteiger partial charge in [-0.25, -0.2) is 4.98 Å². The summed E-state index contributed by atoms with van der Waals surface area (Å²) >= 11 is 0. The van der Waals surface area contributed by atoms with Gasteiger partial charge in [0.05, 0.1) is 0 Å². The van der Waals surface area contributed by atoms with Crippen molar-refractivity contribution in [3.05, 3.63) is 29.6 Å². The van der Waals surface area contributed by atoms with Crippen LogP contribution in [0.15, 0.2) is 18.2 Å². The minimum absolute atomic E-state index is 0.0653. The molecule has 2 rings (SSSR count). The summed E-state index contributed by atoms with van der Waals surface area (Å²) in [6.45, 7) is 7.86. The van der Waals surface area contributed by atoms with Crippen molar-refractivity contribution in [3.63, 3.8) is 0 Å². The molecule has 2 atom stereocenters. The Morgan fingerprint density at radius 2 is 2.21 bits per heavy atom. The van der Waals surface area contributed by atoms with Crippen LogP contribution in [0.4, 0.5) is 0 Å². The van der Waals surface area contributed by atoms with E-state index < -0.39 is 0 Å². The fourth-order valence-corrected chi connectivity index (χ4v) is 2.56. The predicted molar refractivity (Wildman–Crippen MR) is 76.2 cm³/mol. The van der Waals surface area contributed by atoms with Crippen molar-refractivity contribution >= 4 is 5.91 Å². The second kappa shape index (κ2) is 6.15. The molecular formula is C15H23N3O. The number of hydrogen-bond acceptors (Lipinski definition) is 3. The lowest BCUT2D eigenvalue weighted by Gasteiger charge is -2.39. The number of nitrogens with one attached hydrogen (secondary N) is 1. The third-order valence-corrected chi connectivity index (χ3v) is 3.83. The fraction of sp³-hybridized carbons (Fsp3) is 0.600. The van der Waals surface area contributed by atoms with Crippen molar-refractivity contribution in [2.75, 3.05) is 13.1 Å². The number of piperazine rings is 1. The minimum atomic E-state index is 0.0653. The second-order valence-electron chi connectivity index (χ2n) is 5.20. The molecule has 0 aliphatic carbocycles. The van der Waals surface area contributed by atoms with Gasteiger partial charge in [-0.05, 0) is 31.9 Å². The summed E-state index contributed by atoms with van der Waals surface area (Å²) in [6.07, 6.45) is 2.02. The largest absolute Gasteiger partial charge is 0.332 e. The number of hydrogen-bond donors (Lipinski definition) is 1. The van der Waals surface area contributed by atoms with Gasteiger partial charge in [0.15, 0.2) is 0 Å². The average molecular weight is 261 g/mol. The molecule has 1 aliphatic rings. The van der Waals surface area contributed by atoms with Crippen LogP contribution in [0.5, 0.6) is 0 Å². The van der Waals surface area contributed by atoms with E-state index in [1.165, 1.54) is 0 Å². The summed E-state index contributed by atoms with van der Waals surface area (Å²) in [5.41, 5.74) is 1.45. The molecule has 0 aromatic carbocycles. The number of amides is 1. The van der Waals surface area contributed by atoms with Gasteiger partial charge in [-0.3, -0.25) is 4.79 Å². The molecule has 1 amide bonds. The van der Waals surface area contributed by atoms with Crippen LogP contribution in [-0.4, -0.2) is 41.0 Å². The standard InChI is InChI=1S/C15H23N3O/c1-4-12-10-18(13(5-2)9-16-12)15(19)14-8-6-7-11(3)17-14/h6-8,12-13,16H,4-5,9-10H2,1-3H3. The topological polar surface area (TPSA) is 45.2 Å². The van der Waals surface area contributed by atoms with Crippen LogP contribution in [0.3, 0.4) is 0 Å². The molecule has 4 nitrogen and oxygen atoms in total. The summed E-state index contributed by atoms with van der Waals surface area (Å²) in [5.74, 6) is 0.0653. The lowest BCUT2D eigenvalue weighted by atomic mass is 10.0. The monoisotopic (exact) mass is 261 g/mol. The molecule has 2 heterocycles. The van der Waals surface area contributed by atoms with Crippen molar-refractivity contribution in [1.82, 2.24) is 15.2 Å². The summed E-state index contributed by atoms with van der Waals surface area (Å²) in [6, 6.07) is 6.30. The van der Waals surface area contributed by atoms with Crippen LogP contribution in [0, 0.1) is 6.92 Å². The molecule has 4 heteroatoms. The number of nitrogens with zero attached hydrogens (tertiary/aromatic N) is 2. The lowest BCUT2D eigenvalue weighted by molar-refractivity contribution is 0.0569. The maximum Gasteiger partial charge on any atom is 0.272 e. The van der Waals surface area contributed by atoms with Gasteiger partial charge in [-0.15, -0.1) is 0 Å². The highest BCUT2D eigenvalue weighted by molar-refractivity contribution is 5.92. The highest BCUT2D eigenvalue weighted by Crippen LogP contribution is 2.15. The van der Waals surface area contributed by atoms with E-state index in [0.29, 0.717) is 11.7 Å². The van der Waals surface area contributed by atoms with Gasteiger partial charge in [0, 0.05) is 30.9 Å². The van der Waals surface area contributed by atoms with E-state index in [1.54, 1.807) is 0 Å². The van der Waals surface area contributed by atoms with E-state index in [4.69, 9.17) is 0 Å². The third kappa shape index (κ3) is 3.13. The summed E-state index contributed by atoms with van der Waals surface area (Å²) in [4.78, 5) is 19.0. The molecule has 1 saturated heterocycles. The first-order valence-electron chi connectivity index (χ1n) is 7.13. The zero-order valence-corrected chi connectivity index (χ0v) is 12.0. The molecule has 2 unspecified atom stereocenters. The second-order valence-corrected chi connectivity index (χ2v) is 5.20. The average Bonchev–Trinajstić information content (AvgIpc) is 2.45. The molecule has 1 aromatic rings. The van der Waals surface area contributed by atoms with Gasteiger partial charge in [0.2, 0.25) is 0 Å². The van der Waals surface area contributed by atoms with Gasteiger partial charge in [-0.2, -0.15) is 0 Å². The lowest BCUT2D eigenvalue weighted by Crippen LogP contribution is -2.58. The van der Waals surface area contributed by atoms with E-state index in [-0.39, 0.29) is 11.9 Å². The maximum atomic E-state index is 12.6. The Kier molecular flexibility index (Phi) is 4.53. The zero-order chi connectivity index (χ0) is 13.8. The predicted octanol–water partition coefficient (Wildman–Crippen LogP) is 1.99. The third-order valence-electron chi connectivity index (χ3n) is 3.83. The highest BCUT2D eigenvalue weighted by Gasteiger charge is 2.30. The Labute approximate surface area is 115 Å². The summed E-state index contributed by atoms with van der Waals surface area (Å²) < 4.78 is 0. The molecule has 19 heavy (non-hydrogen) atoms. The first-order chi connectivity index (χ1) is 9.15. The van der Waals surface area contributed by atoms with Crippen LogP contribution in [-0.2, 0) is 0 Å². The van der Waals surface area contributed by atoms with Gasteiger partial charge < -0.3 is 10.2 Å². The van der Waals surface area contributed by atoms with Gasteiger partial charge in [0.1, 0.15) is 5.69 Å². The summed E-state index contributed by atoms with van der Waals surface area (Å²) in [5, 5.41) is 3.50. The molecule has 1 aromatic heterocycles. The smallest absolute Gasteiger partial charge is 0.272 e. The number of aryl methyl sites for hydroxylation is 1. The van der Waals surface area contributed by atoms with E-state index in [0.717, 1.165) is 31.6 Å². The Morgan fingerprint density at radius 3 is 2.84 bits per heavy atom. The molecular weight excluding hydrogens is 238 g/mol. The zero-order valence-electron chi connectivity index (χ0n) is 12.0. The number of carbonyl (C=O) groups is 1. The highest BCUT2D eigenvalue weighted by atomic mass is 16.2. The number of pyridine rings is 1. The van der Waals surface area contributed by atoms with Crippen LogP contribution in [0.2, 0.25) is 0 Å². The Hall–Kier alpha value is -1.42. The van der Waals surface area contributed by atoms with Gasteiger partial charge in [-0.1, -0.05) is 19.9 Å². The quantitative estimate of drug-likeness (QED) is 0.905.